The monoisotopic (exact) mass is 447 g/mol. The molecule has 0 bridgehead atoms. The molecule has 3 amide bonds. The molecular formula is C27H33N3O3. The topological polar surface area (TPSA) is 92.5 Å². The zero-order valence-corrected chi connectivity index (χ0v) is 19.2. The zero-order chi connectivity index (χ0) is 25.0. The smallest absolute Gasteiger partial charge is 0.255 e. The van der Waals surface area contributed by atoms with Crippen LogP contribution in [0.5, 0.6) is 0 Å². The maximum absolute atomic E-state index is 13.8. The fourth-order valence-corrected chi connectivity index (χ4v) is 3.74. The Balaban J connectivity index is 4.26. The first-order valence-corrected chi connectivity index (χ1v) is 10.6. The minimum atomic E-state index is -0.765. The van der Waals surface area contributed by atoms with E-state index in [0.29, 0.717) is 28.7 Å². The van der Waals surface area contributed by atoms with E-state index in [4.69, 9.17) is 5.73 Å². The first kappa shape index (κ1) is 27.1. The lowest BCUT2D eigenvalue weighted by Gasteiger charge is -2.27. The van der Waals surface area contributed by atoms with Crippen LogP contribution in [0, 0.1) is 0 Å². The molecule has 1 aromatic rings. The highest BCUT2D eigenvalue weighted by Gasteiger charge is 2.32. The predicted octanol–water partition coefficient (Wildman–Crippen LogP) is 3.70. The molecule has 0 aliphatic heterocycles. The molecule has 0 saturated carbocycles. The quantitative estimate of drug-likeness (QED) is 0.402. The third-order valence-electron chi connectivity index (χ3n) is 4.95. The lowest BCUT2D eigenvalue weighted by atomic mass is 9.81. The van der Waals surface area contributed by atoms with Gasteiger partial charge in [0.25, 0.3) is 11.8 Å². The van der Waals surface area contributed by atoms with Crippen LogP contribution in [-0.4, -0.2) is 42.3 Å². The van der Waals surface area contributed by atoms with E-state index in [0.717, 1.165) is 0 Å². The highest BCUT2D eigenvalue weighted by molar-refractivity contribution is 6.12. The van der Waals surface area contributed by atoms with Gasteiger partial charge in [-0.05, 0) is 36.0 Å². The second-order valence-electron chi connectivity index (χ2n) is 7.19. The molecule has 0 radical (unpaired) electrons. The van der Waals surface area contributed by atoms with Crippen molar-refractivity contribution in [3.63, 3.8) is 0 Å². The van der Waals surface area contributed by atoms with Gasteiger partial charge in [0.1, 0.15) is 0 Å². The molecule has 174 valence electrons. The van der Waals surface area contributed by atoms with Crippen molar-refractivity contribution in [1.29, 1.82) is 0 Å². The molecule has 0 heterocycles. The summed E-state index contributed by atoms with van der Waals surface area (Å²) in [6, 6.07) is 0. The van der Waals surface area contributed by atoms with E-state index in [2.05, 4.69) is 44.8 Å². The number of carbonyl (C=O) groups is 3. The van der Waals surface area contributed by atoms with Crippen molar-refractivity contribution in [2.75, 3.05) is 19.6 Å². The van der Waals surface area contributed by atoms with Crippen LogP contribution in [0.4, 0.5) is 0 Å². The molecule has 0 unspecified atom stereocenters. The van der Waals surface area contributed by atoms with Crippen molar-refractivity contribution in [2.24, 2.45) is 5.73 Å². The maximum Gasteiger partial charge on any atom is 0.255 e. The number of hydrogen-bond acceptors (Lipinski definition) is 3. The number of carbonyl (C=O) groups excluding carboxylic acids is 3. The summed E-state index contributed by atoms with van der Waals surface area (Å²) in [6.07, 6.45) is 10.3. The van der Waals surface area contributed by atoms with Crippen LogP contribution in [0.1, 0.15) is 47.8 Å². The predicted molar refractivity (Wildman–Crippen MR) is 135 cm³/mol. The van der Waals surface area contributed by atoms with E-state index in [-0.39, 0.29) is 49.5 Å². The molecule has 6 nitrogen and oxygen atoms in total. The second kappa shape index (κ2) is 13.5. The number of nitrogens with zero attached hydrogens (tertiary/aromatic N) is 1. The van der Waals surface area contributed by atoms with Crippen LogP contribution in [0.25, 0.3) is 0 Å². The normalized spacial score (nSPS) is 9.94. The van der Waals surface area contributed by atoms with Gasteiger partial charge in [0.2, 0.25) is 5.91 Å². The Hall–Kier alpha value is -3.93. The highest BCUT2D eigenvalue weighted by Crippen LogP contribution is 2.32. The third-order valence-corrected chi connectivity index (χ3v) is 4.95. The van der Waals surface area contributed by atoms with Crippen molar-refractivity contribution >= 4 is 17.7 Å². The fourth-order valence-electron chi connectivity index (χ4n) is 3.74. The summed E-state index contributed by atoms with van der Waals surface area (Å²) in [5, 5.41) is 2.71. The van der Waals surface area contributed by atoms with Gasteiger partial charge in [0.15, 0.2) is 0 Å². The zero-order valence-electron chi connectivity index (χ0n) is 19.2. The van der Waals surface area contributed by atoms with Crippen LogP contribution in [0.2, 0.25) is 0 Å². The van der Waals surface area contributed by atoms with E-state index in [1.54, 1.807) is 35.3 Å². The van der Waals surface area contributed by atoms with Gasteiger partial charge in [-0.2, -0.15) is 0 Å². The molecule has 3 N–H and O–H groups in total. The van der Waals surface area contributed by atoms with Gasteiger partial charge >= 0.3 is 0 Å². The minimum absolute atomic E-state index is 0.0643. The molecular weight excluding hydrogens is 414 g/mol. The molecule has 0 atom stereocenters. The van der Waals surface area contributed by atoms with Gasteiger partial charge in [-0.25, -0.2) is 0 Å². The number of amides is 3. The number of primary amides is 1. The molecule has 1 rings (SSSR count). The SMILES string of the molecule is C=CCNC(=O)c1c(CC=C)c(C(=O)N(CC=C)CC=C)c(CC=C)c(CC=C)c1C(N)=O. The minimum Gasteiger partial charge on any atom is -0.366 e. The van der Waals surface area contributed by atoms with E-state index in [1.807, 2.05) is 0 Å². The Kier molecular flexibility index (Phi) is 11.1. The molecule has 33 heavy (non-hydrogen) atoms. The van der Waals surface area contributed by atoms with Crippen LogP contribution < -0.4 is 11.1 Å². The first-order chi connectivity index (χ1) is 15.8. The van der Waals surface area contributed by atoms with E-state index in [1.165, 1.54) is 6.08 Å². The van der Waals surface area contributed by atoms with Crippen molar-refractivity contribution in [3.8, 4) is 0 Å². The summed E-state index contributed by atoms with van der Waals surface area (Å²) >= 11 is 0. The number of allylic oxidation sites excluding steroid dienone is 3. The largest absolute Gasteiger partial charge is 0.366 e. The van der Waals surface area contributed by atoms with E-state index >= 15 is 0 Å². The average molecular weight is 448 g/mol. The summed E-state index contributed by atoms with van der Waals surface area (Å²) in [4.78, 5) is 41.3. The molecule has 0 fully saturated rings. The molecule has 0 spiro atoms. The lowest BCUT2D eigenvalue weighted by Crippen LogP contribution is -2.36. The second-order valence-corrected chi connectivity index (χ2v) is 7.19. The van der Waals surface area contributed by atoms with Gasteiger partial charge in [-0.1, -0.05) is 36.5 Å². The Morgan fingerprint density at radius 3 is 1.61 bits per heavy atom. The molecule has 0 aromatic heterocycles. The van der Waals surface area contributed by atoms with Gasteiger partial charge < -0.3 is 16.0 Å². The fraction of sp³-hybridized carbons (Fsp3) is 0.222. The molecule has 6 heteroatoms. The summed E-state index contributed by atoms with van der Waals surface area (Å²) in [5.74, 6) is -1.61. The number of benzene rings is 1. The number of rotatable bonds is 15. The number of nitrogens with one attached hydrogen (secondary N) is 1. The summed E-state index contributed by atoms with van der Waals surface area (Å²) < 4.78 is 0. The standard InChI is InChI=1S/C27H33N3O3/c1-7-13-19-20(14-8-2)23(25(28)31)24(26(32)29-16-10-4)21(15-9-3)22(19)27(33)30(17-11-5)18-12-6/h7-12H,1-6,13-18H2,(H2,28,31)(H,29,32). The average Bonchev–Trinajstić information content (AvgIpc) is 2.78. The van der Waals surface area contributed by atoms with Crippen molar-refractivity contribution in [1.82, 2.24) is 10.2 Å². The Bertz CT molecular complexity index is 979. The van der Waals surface area contributed by atoms with Gasteiger partial charge in [0, 0.05) is 25.2 Å². The highest BCUT2D eigenvalue weighted by atomic mass is 16.2. The van der Waals surface area contributed by atoms with Gasteiger partial charge in [0.05, 0.1) is 11.1 Å². The molecule has 1 aromatic carbocycles. The Morgan fingerprint density at radius 2 is 1.18 bits per heavy atom. The van der Waals surface area contributed by atoms with Crippen molar-refractivity contribution in [2.45, 2.75) is 19.3 Å². The Labute approximate surface area is 196 Å². The van der Waals surface area contributed by atoms with Crippen molar-refractivity contribution in [3.05, 3.63) is 109 Å². The summed E-state index contributed by atoms with van der Waals surface area (Å²) in [6.45, 7) is 23.2. The van der Waals surface area contributed by atoms with Crippen LogP contribution in [-0.2, 0) is 19.3 Å². The summed E-state index contributed by atoms with van der Waals surface area (Å²) in [7, 11) is 0. The summed E-state index contributed by atoms with van der Waals surface area (Å²) in [5.41, 5.74) is 7.68. The number of hydrogen-bond donors (Lipinski definition) is 2. The van der Waals surface area contributed by atoms with Gasteiger partial charge in [-0.15, -0.1) is 39.5 Å². The van der Waals surface area contributed by atoms with E-state index in [9.17, 15) is 14.4 Å². The van der Waals surface area contributed by atoms with Crippen molar-refractivity contribution < 1.29 is 14.4 Å². The molecule has 0 aliphatic rings. The third kappa shape index (κ3) is 6.29. The van der Waals surface area contributed by atoms with Crippen LogP contribution in [0.3, 0.4) is 0 Å². The lowest BCUT2D eigenvalue weighted by molar-refractivity contribution is 0.0788. The van der Waals surface area contributed by atoms with E-state index < -0.39 is 11.8 Å². The number of nitrogens with two attached hydrogens (primary N) is 1. The first-order valence-electron chi connectivity index (χ1n) is 10.6. The molecule has 0 saturated heterocycles. The van der Waals surface area contributed by atoms with Crippen LogP contribution >= 0.6 is 0 Å². The maximum atomic E-state index is 13.8. The van der Waals surface area contributed by atoms with Gasteiger partial charge in [-0.3, -0.25) is 14.4 Å². The molecule has 0 aliphatic carbocycles. The Morgan fingerprint density at radius 1 is 0.697 bits per heavy atom. The van der Waals surface area contributed by atoms with Crippen LogP contribution in [0.15, 0.2) is 75.9 Å².